The van der Waals surface area contributed by atoms with Crippen molar-refractivity contribution < 1.29 is 9.53 Å². The minimum Gasteiger partial charge on any atom is -0.375 e. The van der Waals surface area contributed by atoms with Crippen molar-refractivity contribution in [3.05, 3.63) is 52.8 Å². The van der Waals surface area contributed by atoms with Crippen molar-refractivity contribution in [2.24, 2.45) is 7.05 Å². The van der Waals surface area contributed by atoms with Crippen molar-refractivity contribution >= 4 is 17.5 Å². The van der Waals surface area contributed by atoms with Gasteiger partial charge in [0.2, 0.25) is 0 Å². The number of benzene rings is 1. The Balaban J connectivity index is 1.66. The highest BCUT2D eigenvalue weighted by molar-refractivity contribution is 6.30. The van der Waals surface area contributed by atoms with Crippen LogP contribution in [0.1, 0.15) is 16.1 Å². The van der Waals surface area contributed by atoms with Crippen molar-refractivity contribution in [1.29, 1.82) is 0 Å². The van der Waals surface area contributed by atoms with Gasteiger partial charge in [0.25, 0.3) is 5.91 Å². The first-order chi connectivity index (χ1) is 9.66. The Kier molecular flexibility index (Phi) is 5.15. The van der Waals surface area contributed by atoms with Crippen LogP contribution in [0.15, 0.2) is 36.5 Å². The average molecular weight is 294 g/mol. The number of rotatable bonds is 6. The van der Waals surface area contributed by atoms with Crippen molar-refractivity contribution in [2.45, 2.75) is 6.61 Å². The zero-order valence-electron chi connectivity index (χ0n) is 11.2. The minimum atomic E-state index is -0.153. The molecule has 0 spiro atoms. The molecule has 0 radical (unpaired) electrons. The first-order valence-corrected chi connectivity index (χ1v) is 6.63. The number of halogens is 1. The van der Waals surface area contributed by atoms with E-state index < -0.39 is 0 Å². The molecule has 0 aliphatic carbocycles. The highest BCUT2D eigenvalue weighted by Crippen LogP contribution is 2.09. The van der Waals surface area contributed by atoms with E-state index in [-0.39, 0.29) is 5.91 Å². The summed E-state index contributed by atoms with van der Waals surface area (Å²) in [5.74, 6) is -0.153. The molecule has 106 valence electrons. The Bertz CT molecular complexity index is 566. The average Bonchev–Trinajstić information content (AvgIpc) is 2.86. The molecule has 0 bridgehead atoms. The molecule has 2 aromatic rings. The zero-order chi connectivity index (χ0) is 14.4. The number of ether oxygens (including phenoxy) is 1. The fourth-order valence-corrected chi connectivity index (χ4v) is 1.82. The van der Waals surface area contributed by atoms with E-state index in [1.54, 1.807) is 19.3 Å². The van der Waals surface area contributed by atoms with Crippen LogP contribution < -0.4 is 5.32 Å². The lowest BCUT2D eigenvalue weighted by Crippen LogP contribution is -2.28. The van der Waals surface area contributed by atoms with Gasteiger partial charge in [-0.2, -0.15) is 5.10 Å². The summed E-state index contributed by atoms with van der Waals surface area (Å²) in [5, 5.41) is 7.42. The van der Waals surface area contributed by atoms with Crippen LogP contribution in [0.25, 0.3) is 0 Å². The second kappa shape index (κ2) is 7.07. The van der Waals surface area contributed by atoms with Crippen molar-refractivity contribution in [2.75, 3.05) is 13.2 Å². The molecule has 1 N–H and O–H groups in total. The number of carbonyl (C=O) groups is 1. The van der Waals surface area contributed by atoms with Gasteiger partial charge < -0.3 is 10.1 Å². The molecule has 0 unspecified atom stereocenters. The molecule has 1 amide bonds. The van der Waals surface area contributed by atoms with Crippen molar-refractivity contribution in [1.82, 2.24) is 15.1 Å². The number of hydrogen-bond acceptors (Lipinski definition) is 3. The zero-order valence-corrected chi connectivity index (χ0v) is 11.9. The van der Waals surface area contributed by atoms with Crippen LogP contribution in [-0.2, 0) is 18.4 Å². The molecule has 0 fully saturated rings. The van der Waals surface area contributed by atoms with E-state index in [1.165, 1.54) is 4.68 Å². The third-order valence-electron chi connectivity index (χ3n) is 2.77. The second-order valence-electron chi connectivity index (χ2n) is 4.28. The third kappa shape index (κ3) is 4.08. The molecule has 5 nitrogen and oxygen atoms in total. The van der Waals surface area contributed by atoms with Gasteiger partial charge in [0.05, 0.1) is 13.2 Å². The van der Waals surface area contributed by atoms with Gasteiger partial charge in [-0.1, -0.05) is 23.7 Å². The molecular weight excluding hydrogens is 278 g/mol. The summed E-state index contributed by atoms with van der Waals surface area (Å²) in [4.78, 5) is 11.8. The topological polar surface area (TPSA) is 56.2 Å². The Morgan fingerprint density at radius 3 is 2.75 bits per heavy atom. The van der Waals surface area contributed by atoms with Crippen molar-refractivity contribution in [3.8, 4) is 0 Å². The number of nitrogens with zero attached hydrogens (tertiary/aromatic N) is 2. The van der Waals surface area contributed by atoms with Gasteiger partial charge in [-0.3, -0.25) is 9.48 Å². The Morgan fingerprint density at radius 1 is 1.35 bits per heavy atom. The molecular formula is C14H16ClN3O2. The van der Waals surface area contributed by atoms with E-state index in [9.17, 15) is 4.79 Å². The predicted octanol–water partition coefficient (Wildman–Crippen LogP) is 2.02. The normalized spacial score (nSPS) is 10.5. The first-order valence-electron chi connectivity index (χ1n) is 6.25. The standard InChI is InChI=1S/C14H16ClN3O2/c1-18-13(6-7-17-18)14(19)16-8-9-20-10-11-2-4-12(15)5-3-11/h2-7H,8-10H2,1H3,(H,16,19). The van der Waals surface area contributed by atoms with Gasteiger partial charge in [-0.15, -0.1) is 0 Å². The monoisotopic (exact) mass is 293 g/mol. The number of hydrogen-bond donors (Lipinski definition) is 1. The summed E-state index contributed by atoms with van der Waals surface area (Å²) in [6.45, 7) is 1.41. The lowest BCUT2D eigenvalue weighted by Gasteiger charge is -2.07. The molecule has 2 rings (SSSR count). The molecule has 0 saturated carbocycles. The minimum absolute atomic E-state index is 0.153. The van der Waals surface area contributed by atoms with E-state index >= 15 is 0 Å². The number of aromatic nitrogens is 2. The SMILES string of the molecule is Cn1nccc1C(=O)NCCOCc1ccc(Cl)cc1. The molecule has 6 heteroatoms. The number of amides is 1. The molecule has 1 heterocycles. The molecule has 0 saturated heterocycles. The molecule has 20 heavy (non-hydrogen) atoms. The summed E-state index contributed by atoms with van der Waals surface area (Å²) in [6.07, 6.45) is 1.59. The van der Waals surface area contributed by atoms with E-state index in [2.05, 4.69) is 10.4 Å². The highest BCUT2D eigenvalue weighted by Gasteiger charge is 2.08. The number of nitrogens with one attached hydrogen (secondary N) is 1. The number of carbonyl (C=O) groups excluding carboxylic acids is 1. The quantitative estimate of drug-likeness (QED) is 0.829. The lowest BCUT2D eigenvalue weighted by atomic mass is 10.2. The van der Waals surface area contributed by atoms with E-state index in [4.69, 9.17) is 16.3 Å². The van der Waals surface area contributed by atoms with Gasteiger partial charge in [0, 0.05) is 24.8 Å². The smallest absolute Gasteiger partial charge is 0.269 e. The van der Waals surface area contributed by atoms with Crippen LogP contribution >= 0.6 is 11.6 Å². The van der Waals surface area contributed by atoms with Gasteiger partial charge in [0.1, 0.15) is 5.69 Å². The Morgan fingerprint density at radius 2 is 2.10 bits per heavy atom. The van der Waals surface area contributed by atoms with Crippen LogP contribution in [-0.4, -0.2) is 28.8 Å². The maximum Gasteiger partial charge on any atom is 0.269 e. The largest absolute Gasteiger partial charge is 0.375 e. The molecule has 0 aliphatic rings. The fourth-order valence-electron chi connectivity index (χ4n) is 1.69. The molecule has 1 aromatic heterocycles. The van der Waals surface area contributed by atoms with Gasteiger partial charge in [-0.25, -0.2) is 0 Å². The van der Waals surface area contributed by atoms with E-state index in [0.717, 1.165) is 5.56 Å². The molecule has 0 aliphatic heterocycles. The van der Waals surface area contributed by atoms with Crippen LogP contribution in [0.4, 0.5) is 0 Å². The van der Waals surface area contributed by atoms with Crippen LogP contribution in [0.5, 0.6) is 0 Å². The maximum atomic E-state index is 11.8. The van der Waals surface area contributed by atoms with Crippen LogP contribution in [0.3, 0.4) is 0 Å². The third-order valence-corrected chi connectivity index (χ3v) is 3.02. The van der Waals surface area contributed by atoms with Gasteiger partial charge in [-0.05, 0) is 23.8 Å². The van der Waals surface area contributed by atoms with E-state index in [1.807, 2.05) is 24.3 Å². The van der Waals surface area contributed by atoms with Gasteiger partial charge in [0.15, 0.2) is 0 Å². The lowest BCUT2D eigenvalue weighted by molar-refractivity contribution is 0.0892. The summed E-state index contributed by atoms with van der Waals surface area (Å²) in [7, 11) is 1.73. The fraction of sp³-hybridized carbons (Fsp3) is 0.286. The summed E-state index contributed by atoms with van der Waals surface area (Å²) in [6, 6.07) is 9.14. The molecule has 0 atom stereocenters. The van der Waals surface area contributed by atoms with Crippen molar-refractivity contribution in [3.63, 3.8) is 0 Å². The second-order valence-corrected chi connectivity index (χ2v) is 4.71. The predicted molar refractivity (Wildman–Crippen MR) is 76.6 cm³/mol. The van der Waals surface area contributed by atoms with Crippen LogP contribution in [0, 0.1) is 0 Å². The van der Waals surface area contributed by atoms with Crippen LogP contribution in [0.2, 0.25) is 5.02 Å². The maximum absolute atomic E-state index is 11.8. The summed E-state index contributed by atoms with van der Waals surface area (Å²) >= 11 is 5.80. The Hall–Kier alpha value is -1.85. The van der Waals surface area contributed by atoms with Gasteiger partial charge >= 0.3 is 0 Å². The Labute approximate surface area is 122 Å². The molecule has 1 aromatic carbocycles. The summed E-state index contributed by atoms with van der Waals surface area (Å²) in [5.41, 5.74) is 1.58. The summed E-state index contributed by atoms with van der Waals surface area (Å²) < 4.78 is 7.01. The number of aryl methyl sites for hydroxylation is 1. The highest BCUT2D eigenvalue weighted by atomic mass is 35.5. The first kappa shape index (κ1) is 14.6. The van der Waals surface area contributed by atoms with E-state index in [0.29, 0.717) is 30.5 Å².